The lowest BCUT2D eigenvalue weighted by atomic mass is 10.1. The van der Waals surface area contributed by atoms with E-state index in [1.807, 2.05) is 12.3 Å². The van der Waals surface area contributed by atoms with Crippen molar-refractivity contribution < 1.29 is 13.9 Å². The first-order valence-electron chi connectivity index (χ1n) is 7.65. The van der Waals surface area contributed by atoms with Gasteiger partial charge in [-0.25, -0.2) is 13.9 Å². The number of ether oxygens (including phenoxy) is 1. The summed E-state index contributed by atoms with van der Waals surface area (Å²) < 4.78 is 20.5. The molecule has 6 nitrogen and oxygen atoms in total. The predicted octanol–water partition coefficient (Wildman–Crippen LogP) is 1.65. The van der Waals surface area contributed by atoms with Crippen molar-refractivity contribution in [1.82, 2.24) is 19.6 Å². The van der Waals surface area contributed by atoms with E-state index in [4.69, 9.17) is 4.74 Å². The Hall–Kier alpha value is -2.41. The summed E-state index contributed by atoms with van der Waals surface area (Å²) in [5.74, 6) is -0.256. The lowest BCUT2D eigenvalue weighted by molar-refractivity contribution is 0.115. The highest BCUT2D eigenvalue weighted by Gasteiger charge is 2.37. The molecule has 0 bridgehead atoms. The molecule has 2 aromatic rings. The van der Waals surface area contributed by atoms with Crippen LogP contribution >= 0.6 is 0 Å². The highest BCUT2D eigenvalue weighted by molar-refractivity contribution is 5.70. The third-order valence-corrected chi connectivity index (χ3v) is 4.39. The molecule has 1 aromatic carbocycles. The molecule has 2 aliphatic heterocycles. The summed E-state index contributed by atoms with van der Waals surface area (Å²) in [5.41, 5.74) is 1.75. The Morgan fingerprint density at radius 1 is 1.35 bits per heavy atom. The normalized spacial score (nSPS) is 21.3. The van der Waals surface area contributed by atoms with Gasteiger partial charge in [0, 0.05) is 38.6 Å². The lowest BCUT2D eigenvalue weighted by Crippen LogP contribution is -2.51. The second kappa shape index (κ2) is 5.66. The van der Waals surface area contributed by atoms with E-state index in [0.29, 0.717) is 19.7 Å². The fourth-order valence-corrected chi connectivity index (χ4v) is 3.25. The second-order valence-corrected chi connectivity index (χ2v) is 5.88. The largest absolute Gasteiger partial charge is 0.447 e. The Balaban J connectivity index is 1.55. The number of aromatic nitrogens is 2. The molecule has 1 aromatic heterocycles. The van der Waals surface area contributed by atoms with Gasteiger partial charge in [-0.05, 0) is 29.8 Å². The fraction of sp³-hybridized carbons (Fsp3) is 0.375. The van der Waals surface area contributed by atoms with Crippen LogP contribution in [-0.2, 0) is 11.3 Å². The molecule has 3 heterocycles. The van der Waals surface area contributed by atoms with Crippen LogP contribution in [0, 0.1) is 5.82 Å². The van der Waals surface area contributed by atoms with Crippen LogP contribution in [0.4, 0.5) is 9.18 Å². The summed E-state index contributed by atoms with van der Waals surface area (Å²) in [4.78, 5) is 15.6. The zero-order valence-corrected chi connectivity index (χ0v) is 12.6. The average molecular weight is 316 g/mol. The van der Waals surface area contributed by atoms with Crippen LogP contribution in [0.3, 0.4) is 0 Å². The zero-order chi connectivity index (χ0) is 15.8. The van der Waals surface area contributed by atoms with Gasteiger partial charge >= 0.3 is 6.09 Å². The van der Waals surface area contributed by atoms with Crippen LogP contribution in [0.5, 0.6) is 0 Å². The Kier molecular flexibility index (Phi) is 3.49. The molecule has 0 N–H and O–H groups in total. The Morgan fingerprint density at radius 2 is 2.26 bits per heavy atom. The third kappa shape index (κ3) is 2.68. The highest BCUT2D eigenvalue weighted by Crippen LogP contribution is 2.22. The van der Waals surface area contributed by atoms with Gasteiger partial charge in [-0.15, -0.1) is 0 Å². The molecule has 1 unspecified atom stereocenters. The van der Waals surface area contributed by atoms with E-state index in [0.717, 1.165) is 24.3 Å². The molecule has 7 heteroatoms. The van der Waals surface area contributed by atoms with Gasteiger partial charge in [0.1, 0.15) is 12.4 Å². The van der Waals surface area contributed by atoms with E-state index in [2.05, 4.69) is 10.00 Å². The number of hydrogen-bond donors (Lipinski definition) is 0. The molecule has 0 radical (unpaired) electrons. The van der Waals surface area contributed by atoms with E-state index in [-0.39, 0.29) is 18.0 Å². The number of halogens is 1. The maximum absolute atomic E-state index is 13.7. The summed E-state index contributed by atoms with van der Waals surface area (Å²) in [6, 6.07) is 6.68. The SMILES string of the molecule is O=C1OCC2CN(Cc3cc(F)ccc3-n3cccn3)CCN12. The van der Waals surface area contributed by atoms with E-state index in [1.165, 1.54) is 6.07 Å². The van der Waals surface area contributed by atoms with Crippen LogP contribution in [0.2, 0.25) is 0 Å². The van der Waals surface area contributed by atoms with Gasteiger partial charge in [0.05, 0.1) is 11.7 Å². The maximum atomic E-state index is 13.7. The first kappa shape index (κ1) is 14.2. The summed E-state index contributed by atoms with van der Waals surface area (Å²) in [6.07, 6.45) is 3.32. The number of amides is 1. The second-order valence-electron chi connectivity index (χ2n) is 5.88. The Labute approximate surface area is 133 Å². The van der Waals surface area contributed by atoms with Gasteiger partial charge in [-0.2, -0.15) is 5.10 Å². The first-order valence-corrected chi connectivity index (χ1v) is 7.65. The van der Waals surface area contributed by atoms with E-state index >= 15 is 0 Å². The number of hydrogen-bond acceptors (Lipinski definition) is 4. The van der Waals surface area contributed by atoms with Gasteiger partial charge in [0.2, 0.25) is 0 Å². The minimum Gasteiger partial charge on any atom is -0.447 e. The van der Waals surface area contributed by atoms with Crippen LogP contribution < -0.4 is 0 Å². The molecule has 0 saturated carbocycles. The van der Waals surface area contributed by atoms with Gasteiger partial charge in [-0.3, -0.25) is 9.80 Å². The van der Waals surface area contributed by atoms with Crippen LogP contribution in [-0.4, -0.2) is 58.0 Å². The maximum Gasteiger partial charge on any atom is 0.410 e. The minimum atomic E-state index is -0.256. The van der Waals surface area contributed by atoms with E-state index < -0.39 is 0 Å². The molecule has 1 atom stereocenters. The van der Waals surface area contributed by atoms with Gasteiger partial charge in [0.15, 0.2) is 0 Å². The standard InChI is InChI=1S/C16H17FN4O2/c17-13-2-3-15(21-5-1-4-18-21)12(8-13)9-19-6-7-20-14(10-19)11-23-16(20)22/h1-5,8,14H,6-7,9-11H2. The number of piperazine rings is 1. The average Bonchev–Trinajstić information content (AvgIpc) is 3.18. The summed E-state index contributed by atoms with van der Waals surface area (Å²) in [5, 5.41) is 4.24. The smallest absolute Gasteiger partial charge is 0.410 e. The molecule has 0 aliphatic carbocycles. The van der Waals surface area contributed by atoms with Crippen molar-refractivity contribution in [3.8, 4) is 5.69 Å². The summed E-state index contributed by atoms with van der Waals surface area (Å²) >= 11 is 0. The van der Waals surface area contributed by atoms with Crippen LogP contribution in [0.25, 0.3) is 5.69 Å². The van der Waals surface area contributed by atoms with E-state index in [9.17, 15) is 9.18 Å². The molecule has 1 amide bonds. The molecule has 2 aliphatic rings. The zero-order valence-electron chi connectivity index (χ0n) is 12.6. The number of carbonyl (C=O) groups excluding carboxylic acids is 1. The highest BCUT2D eigenvalue weighted by atomic mass is 19.1. The number of cyclic esters (lactones) is 1. The van der Waals surface area contributed by atoms with Crippen molar-refractivity contribution in [2.75, 3.05) is 26.2 Å². The number of benzene rings is 1. The summed E-state index contributed by atoms with van der Waals surface area (Å²) in [7, 11) is 0. The molecule has 120 valence electrons. The van der Waals surface area contributed by atoms with Crippen molar-refractivity contribution in [2.24, 2.45) is 0 Å². The van der Waals surface area contributed by atoms with Crippen molar-refractivity contribution in [3.05, 3.63) is 48.0 Å². The monoisotopic (exact) mass is 316 g/mol. The molecule has 0 spiro atoms. The van der Waals surface area contributed by atoms with Gasteiger partial charge in [0.25, 0.3) is 0 Å². The molecule has 4 rings (SSSR count). The number of rotatable bonds is 3. The molecular formula is C16H17FN4O2. The Morgan fingerprint density at radius 3 is 3.09 bits per heavy atom. The van der Waals surface area contributed by atoms with Crippen LogP contribution in [0.15, 0.2) is 36.7 Å². The van der Waals surface area contributed by atoms with E-state index in [1.54, 1.807) is 27.9 Å². The minimum absolute atomic E-state index is 0.0953. The molecule has 23 heavy (non-hydrogen) atoms. The fourth-order valence-electron chi connectivity index (χ4n) is 3.25. The van der Waals surface area contributed by atoms with Crippen molar-refractivity contribution >= 4 is 6.09 Å². The predicted molar refractivity (Wildman–Crippen MR) is 80.6 cm³/mol. The van der Waals surface area contributed by atoms with Crippen molar-refractivity contribution in [2.45, 2.75) is 12.6 Å². The number of carbonyl (C=O) groups is 1. The number of nitrogens with zero attached hydrogens (tertiary/aromatic N) is 4. The van der Waals surface area contributed by atoms with Gasteiger partial charge < -0.3 is 4.74 Å². The Bertz CT molecular complexity index is 719. The number of fused-ring (bicyclic) bond motifs is 1. The van der Waals surface area contributed by atoms with Crippen molar-refractivity contribution in [1.29, 1.82) is 0 Å². The topological polar surface area (TPSA) is 50.6 Å². The first-order chi connectivity index (χ1) is 11.2. The third-order valence-electron chi connectivity index (χ3n) is 4.39. The van der Waals surface area contributed by atoms with Crippen LogP contribution in [0.1, 0.15) is 5.56 Å². The molecule has 2 saturated heterocycles. The van der Waals surface area contributed by atoms with Crippen molar-refractivity contribution in [3.63, 3.8) is 0 Å². The molecular weight excluding hydrogens is 299 g/mol. The summed E-state index contributed by atoms with van der Waals surface area (Å²) in [6.45, 7) is 3.19. The quantitative estimate of drug-likeness (QED) is 0.864. The molecule has 2 fully saturated rings. The lowest BCUT2D eigenvalue weighted by Gasteiger charge is -2.35. The van der Waals surface area contributed by atoms with Gasteiger partial charge in [-0.1, -0.05) is 0 Å².